The average molecular weight is 512 g/mol. The van der Waals surface area contributed by atoms with Gasteiger partial charge in [-0.25, -0.2) is 0 Å². The van der Waals surface area contributed by atoms with Gasteiger partial charge in [-0.2, -0.15) is 0 Å². The van der Waals surface area contributed by atoms with Gasteiger partial charge in [-0.3, -0.25) is 4.79 Å². The number of para-hydroxylation sites is 1. The average Bonchev–Trinajstić information content (AvgIpc) is 3.19. The Labute approximate surface area is 205 Å². The second-order valence-corrected chi connectivity index (χ2v) is 10.0. The summed E-state index contributed by atoms with van der Waals surface area (Å²) >= 11 is 3.46. The van der Waals surface area contributed by atoms with Gasteiger partial charge in [-0.05, 0) is 60.9 Å². The number of amides is 1. The minimum atomic E-state index is -0.167. The van der Waals surface area contributed by atoms with Gasteiger partial charge >= 0.3 is 0 Å². The van der Waals surface area contributed by atoms with Crippen molar-refractivity contribution in [2.45, 2.75) is 50.6 Å². The molecule has 1 fully saturated rings. The monoisotopic (exact) mass is 511 g/mol. The van der Waals surface area contributed by atoms with E-state index in [9.17, 15) is 4.79 Å². The third-order valence-corrected chi connectivity index (χ3v) is 7.14. The number of carbonyl (C=O) groups excluding carboxylic acids is 1. The molecule has 1 saturated heterocycles. The van der Waals surface area contributed by atoms with Gasteiger partial charge in [0.15, 0.2) is 0 Å². The molecular formula is C27H34BrN3O2. The second kappa shape index (κ2) is 11.3. The maximum absolute atomic E-state index is 13.1. The van der Waals surface area contributed by atoms with Gasteiger partial charge in [0.2, 0.25) is 5.91 Å². The first-order valence-electron chi connectivity index (χ1n) is 11.9. The number of aromatic nitrogens is 1. The van der Waals surface area contributed by atoms with Crippen LogP contribution in [-0.4, -0.2) is 48.2 Å². The first-order chi connectivity index (χ1) is 16.0. The van der Waals surface area contributed by atoms with Gasteiger partial charge in [0.25, 0.3) is 0 Å². The van der Waals surface area contributed by atoms with Crippen LogP contribution in [0.5, 0.6) is 0 Å². The molecule has 176 valence electrons. The van der Waals surface area contributed by atoms with Crippen LogP contribution in [0.2, 0.25) is 0 Å². The molecule has 4 rings (SSSR count). The first-order valence-corrected chi connectivity index (χ1v) is 12.7. The fraction of sp³-hybridized carbons (Fsp3) is 0.444. The molecule has 3 aromatic rings. The zero-order chi connectivity index (χ0) is 23.2. The molecule has 6 heteroatoms. The number of nitrogens with two attached hydrogens (primary N) is 1. The van der Waals surface area contributed by atoms with E-state index in [2.05, 4.69) is 63.0 Å². The number of hydrogen-bond acceptors (Lipinski definition) is 3. The number of piperidine rings is 1. The number of likely N-dealkylation sites (tertiary alicyclic amines) is 1. The predicted octanol–water partition coefficient (Wildman–Crippen LogP) is 5.11. The number of ether oxygens (including phenoxy) is 1. The van der Waals surface area contributed by atoms with Crippen LogP contribution in [0.4, 0.5) is 0 Å². The Morgan fingerprint density at radius 3 is 2.79 bits per heavy atom. The van der Waals surface area contributed by atoms with Crippen LogP contribution in [0.3, 0.4) is 0 Å². The van der Waals surface area contributed by atoms with Crippen LogP contribution in [0.15, 0.2) is 59.1 Å². The molecule has 1 aliphatic heterocycles. The number of hydrogen-bond donors (Lipinski definition) is 1. The SMILES string of the molecule is COCCCn1c(C2CCCN(C(=O)CC(N)Cc3ccc(Br)cc3)C2)cc2ccccc21. The molecule has 0 aliphatic carbocycles. The number of fused-ring (bicyclic) bond motifs is 1. The molecule has 2 N–H and O–H groups in total. The lowest BCUT2D eigenvalue weighted by atomic mass is 9.93. The van der Waals surface area contributed by atoms with Crippen molar-refractivity contribution in [1.82, 2.24) is 9.47 Å². The maximum atomic E-state index is 13.1. The summed E-state index contributed by atoms with van der Waals surface area (Å²) in [5.74, 6) is 0.520. The summed E-state index contributed by atoms with van der Waals surface area (Å²) in [4.78, 5) is 15.1. The summed E-state index contributed by atoms with van der Waals surface area (Å²) in [6.45, 7) is 3.27. The minimum Gasteiger partial charge on any atom is -0.385 e. The molecule has 2 aromatic carbocycles. The van der Waals surface area contributed by atoms with E-state index in [1.54, 1.807) is 7.11 Å². The number of carbonyl (C=O) groups is 1. The molecule has 5 nitrogen and oxygen atoms in total. The highest BCUT2D eigenvalue weighted by Gasteiger charge is 2.28. The Balaban J connectivity index is 1.43. The molecule has 0 saturated carbocycles. The summed E-state index contributed by atoms with van der Waals surface area (Å²) in [5.41, 5.74) is 10.1. The minimum absolute atomic E-state index is 0.167. The molecule has 1 aromatic heterocycles. The third-order valence-electron chi connectivity index (χ3n) is 6.61. The van der Waals surface area contributed by atoms with Crippen molar-refractivity contribution in [3.05, 3.63) is 70.3 Å². The predicted molar refractivity (Wildman–Crippen MR) is 137 cm³/mol. The van der Waals surface area contributed by atoms with E-state index in [0.717, 1.165) is 55.5 Å². The quantitative estimate of drug-likeness (QED) is 0.406. The van der Waals surface area contributed by atoms with Crippen molar-refractivity contribution in [3.8, 4) is 0 Å². The van der Waals surface area contributed by atoms with E-state index in [1.165, 1.54) is 16.6 Å². The molecule has 2 atom stereocenters. The smallest absolute Gasteiger partial charge is 0.224 e. The van der Waals surface area contributed by atoms with Gasteiger partial charge in [0, 0.05) is 67.4 Å². The van der Waals surface area contributed by atoms with Crippen LogP contribution >= 0.6 is 15.9 Å². The summed E-state index contributed by atoms with van der Waals surface area (Å²) in [5, 5.41) is 1.27. The van der Waals surface area contributed by atoms with Crippen LogP contribution in [0.1, 0.15) is 42.9 Å². The number of aryl methyl sites for hydroxylation is 1. The summed E-state index contributed by atoms with van der Waals surface area (Å²) in [6.07, 6.45) is 4.21. The lowest BCUT2D eigenvalue weighted by molar-refractivity contribution is -0.132. The molecule has 2 heterocycles. The van der Waals surface area contributed by atoms with E-state index >= 15 is 0 Å². The second-order valence-electron chi connectivity index (χ2n) is 9.10. The van der Waals surface area contributed by atoms with Crippen molar-refractivity contribution in [3.63, 3.8) is 0 Å². The number of nitrogens with zero attached hydrogens (tertiary/aromatic N) is 2. The number of rotatable bonds is 9. The Morgan fingerprint density at radius 1 is 1.21 bits per heavy atom. The number of benzene rings is 2. The topological polar surface area (TPSA) is 60.5 Å². The van der Waals surface area contributed by atoms with Gasteiger partial charge in [0.05, 0.1) is 0 Å². The molecule has 0 spiro atoms. The van der Waals surface area contributed by atoms with E-state index in [-0.39, 0.29) is 11.9 Å². The third kappa shape index (κ3) is 6.05. The zero-order valence-electron chi connectivity index (χ0n) is 19.4. The Kier molecular flexibility index (Phi) is 8.23. The van der Waals surface area contributed by atoms with Crippen LogP contribution in [0, 0.1) is 0 Å². The summed E-state index contributed by atoms with van der Waals surface area (Å²) < 4.78 is 8.78. The van der Waals surface area contributed by atoms with Gasteiger partial charge in [-0.15, -0.1) is 0 Å². The Morgan fingerprint density at radius 2 is 2.00 bits per heavy atom. The van der Waals surface area contributed by atoms with E-state index < -0.39 is 0 Å². The van der Waals surface area contributed by atoms with Crippen LogP contribution < -0.4 is 5.73 Å². The molecule has 2 unspecified atom stereocenters. The van der Waals surface area contributed by atoms with Gasteiger partial charge in [0.1, 0.15) is 0 Å². The van der Waals surface area contributed by atoms with Crippen molar-refractivity contribution >= 4 is 32.7 Å². The fourth-order valence-corrected chi connectivity index (χ4v) is 5.24. The van der Waals surface area contributed by atoms with E-state index in [0.29, 0.717) is 18.8 Å². The molecule has 33 heavy (non-hydrogen) atoms. The van der Waals surface area contributed by atoms with E-state index in [1.807, 2.05) is 17.0 Å². The molecule has 1 aliphatic rings. The largest absolute Gasteiger partial charge is 0.385 e. The Hall–Kier alpha value is -2.15. The molecule has 0 radical (unpaired) electrons. The highest BCUT2D eigenvalue weighted by atomic mass is 79.9. The first kappa shape index (κ1) is 24.0. The maximum Gasteiger partial charge on any atom is 0.224 e. The van der Waals surface area contributed by atoms with Crippen LogP contribution in [-0.2, 0) is 22.5 Å². The number of methoxy groups -OCH3 is 1. The number of halogens is 1. The Bertz CT molecular complexity index is 1060. The van der Waals surface area contributed by atoms with Gasteiger partial charge in [-0.1, -0.05) is 46.3 Å². The van der Waals surface area contributed by atoms with Crippen molar-refractivity contribution < 1.29 is 9.53 Å². The van der Waals surface area contributed by atoms with Crippen molar-refractivity contribution in [1.29, 1.82) is 0 Å². The van der Waals surface area contributed by atoms with Crippen molar-refractivity contribution in [2.24, 2.45) is 5.73 Å². The molecular weight excluding hydrogens is 478 g/mol. The van der Waals surface area contributed by atoms with Crippen LogP contribution in [0.25, 0.3) is 10.9 Å². The lowest BCUT2D eigenvalue weighted by Gasteiger charge is -2.34. The van der Waals surface area contributed by atoms with Crippen molar-refractivity contribution in [2.75, 3.05) is 26.8 Å². The summed E-state index contributed by atoms with van der Waals surface area (Å²) in [7, 11) is 1.75. The highest BCUT2D eigenvalue weighted by Crippen LogP contribution is 2.32. The standard InChI is InChI=1S/C27H34BrN3O2/c1-33-15-5-14-31-25-8-3-2-6-21(25)17-26(31)22-7-4-13-30(19-22)27(32)18-24(29)16-20-9-11-23(28)12-10-20/h2-3,6,8-12,17,22,24H,4-5,7,13-16,18-19,29H2,1H3. The summed E-state index contributed by atoms with van der Waals surface area (Å²) in [6, 6.07) is 18.9. The van der Waals surface area contributed by atoms with Gasteiger partial charge < -0.3 is 19.9 Å². The highest BCUT2D eigenvalue weighted by molar-refractivity contribution is 9.10. The lowest BCUT2D eigenvalue weighted by Crippen LogP contribution is -2.42. The zero-order valence-corrected chi connectivity index (χ0v) is 21.0. The normalized spacial score (nSPS) is 17.4. The molecule has 1 amide bonds. The molecule has 0 bridgehead atoms. The fourth-order valence-electron chi connectivity index (χ4n) is 4.98. The van der Waals surface area contributed by atoms with E-state index in [4.69, 9.17) is 10.5 Å².